The van der Waals surface area contributed by atoms with Gasteiger partial charge < -0.3 is 4.74 Å². The fourth-order valence-electron chi connectivity index (χ4n) is 4.06. The maximum Gasteiger partial charge on any atom is 0.416 e. The lowest BCUT2D eigenvalue weighted by Gasteiger charge is -2.25. The van der Waals surface area contributed by atoms with Gasteiger partial charge in [0.05, 0.1) is 23.8 Å². The van der Waals surface area contributed by atoms with Gasteiger partial charge in [-0.25, -0.2) is 4.39 Å². The largest absolute Gasteiger partial charge is 0.416 e. The normalized spacial score (nSPS) is 22.1. The Hall–Kier alpha value is -1.61. The molecule has 0 saturated heterocycles. The Morgan fingerprint density at radius 1 is 0.871 bits per heavy atom. The van der Waals surface area contributed by atoms with Crippen molar-refractivity contribution < 1.29 is 35.5 Å². The molecule has 0 radical (unpaired) electrons. The van der Waals surface area contributed by atoms with Crippen LogP contribution in [0.5, 0.6) is 0 Å². The molecule has 170 valence electrons. The van der Waals surface area contributed by atoms with Gasteiger partial charge in [-0.15, -0.1) is 0 Å². The molecule has 0 aromatic heterocycles. The average molecular weight is 513 g/mol. The highest BCUT2D eigenvalue weighted by atomic mass is 79.9. The van der Waals surface area contributed by atoms with E-state index >= 15 is 0 Å². The molecule has 0 amide bonds. The predicted molar refractivity (Wildman–Crippen MR) is 106 cm³/mol. The molecular formula is C22H20BrF7O. The van der Waals surface area contributed by atoms with Crippen molar-refractivity contribution in [3.63, 3.8) is 0 Å². The summed E-state index contributed by atoms with van der Waals surface area (Å²) in [5.74, 6) is -0.160. The molecule has 31 heavy (non-hydrogen) atoms. The van der Waals surface area contributed by atoms with E-state index in [2.05, 4.69) is 15.9 Å². The Labute approximate surface area is 183 Å². The van der Waals surface area contributed by atoms with Gasteiger partial charge in [0.1, 0.15) is 5.82 Å². The molecule has 0 heterocycles. The summed E-state index contributed by atoms with van der Waals surface area (Å²) in [6, 6.07) is 7.65. The Morgan fingerprint density at radius 2 is 1.45 bits per heavy atom. The third kappa shape index (κ3) is 6.00. The van der Waals surface area contributed by atoms with E-state index in [0.29, 0.717) is 11.8 Å². The van der Waals surface area contributed by atoms with Gasteiger partial charge in [0.2, 0.25) is 0 Å². The number of halogens is 8. The highest BCUT2D eigenvalue weighted by Crippen LogP contribution is 2.43. The van der Waals surface area contributed by atoms with Gasteiger partial charge in [0.25, 0.3) is 0 Å². The Balaban J connectivity index is 1.73. The lowest BCUT2D eigenvalue weighted by atomic mass is 9.89. The first-order chi connectivity index (χ1) is 14.5. The monoisotopic (exact) mass is 512 g/mol. The van der Waals surface area contributed by atoms with Crippen LogP contribution in [0.25, 0.3) is 0 Å². The zero-order chi connectivity index (χ0) is 22.8. The molecule has 1 aliphatic carbocycles. The molecule has 9 heteroatoms. The Morgan fingerprint density at radius 3 is 1.97 bits per heavy atom. The summed E-state index contributed by atoms with van der Waals surface area (Å²) < 4.78 is 97.3. The molecule has 2 aromatic rings. The van der Waals surface area contributed by atoms with E-state index < -0.39 is 23.5 Å². The van der Waals surface area contributed by atoms with Crippen LogP contribution in [0.4, 0.5) is 30.7 Å². The van der Waals surface area contributed by atoms with E-state index in [1.54, 1.807) is 12.1 Å². The summed E-state index contributed by atoms with van der Waals surface area (Å²) in [6.45, 7) is -0.0179. The van der Waals surface area contributed by atoms with Crippen LogP contribution in [0.1, 0.15) is 41.0 Å². The van der Waals surface area contributed by atoms with Crippen LogP contribution in [0.15, 0.2) is 42.5 Å². The standard InChI is InChI=1S/C22H20BrF7O/c23-12-15-3-6-19(20(15)14-1-4-18(24)5-2-14)31-8-7-13-9-16(21(25,26)27)11-17(10-13)22(28,29)30/h1-2,4-5,9-11,15,19-20H,3,6-8,12H2/t15-,19-,20-/m0/s1. The SMILES string of the molecule is Fc1ccc([C@H]2[C@H](CBr)CC[C@@H]2OCCc2cc(C(F)(F)F)cc(C(F)(F)F)c2)cc1. The van der Waals surface area contributed by atoms with E-state index in [1.807, 2.05) is 0 Å². The van der Waals surface area contributed by atoms with Gasteiger partial charge in [0.15, 0.2) is 0 Å². The van der Waals surface area contributed by atoms with Gasteiger partial charge in [-0.1, -0.05) is 28.1 Å². The quantitative estimate of drug-likeness (QED) is 0.289. The fraction of sp³-hybridized carbons (Fsp3) is 0.455. The van der Waals surface area contributed by atoms with E-state index in [1.165, 1.54) is 12.1 Å². The second-order valence-corrected chi connectivity index (χ2v) is 8.29. The zero-order valence-corrected chi connectivity index (χ0v) is 17.8. The molecule has 2 aromatic carbocycles. The number of benzene rings is 2. The molecule has 0 spiro atoms. The van der Waals surface area contributed by atoms with Crippen molar-refractivity contribution in [3.05, 3.63) is 70.5 Å². The lowest BCUT2D eigenvalue weighted by Crippen LogP contribution is -2.22. The number of ether oxygens (including phenoxy) is 1. The molecule has 0 N–H and O–H groups in total. The minimum atomic E-state index is -4.88. The molecule has 3 rings (SSSR count). The molecule has 1 nitrogen and oxygen atoms in total. The molecule has 0 bridgehead atoms. The van der Waals surface area contributed by atoms with Crippen molar-refractivity contribution >= 4 is 15.9 Å². The third-order valence-corrected chi connectivity index (χ3v) is 6.39. The number of hydrogen-bond acceptors (Lipinski definition) is 1. The van der Waals surface area contributed by atoms with Crippen LogP contribution in [0.2, 0.25) is 0 Å². The average Bonchev–Trinajstić information content (AvgIpc) is 3.10. The van der Waals surface area contributed by atoms with Crippen LogP contribution in [0, 0.1) is 11.7 Å². The van der Waals surface area contributed by atoms with Crippen LogP contribution < -0.4 is 0 Å². The van der Waals surface area contributed by atoms with Crippen LogP contribution in [-0.4, -0.2) is 18.0 Å². The van der Waals surface area contributed by atoms with Crippen molar-refractivity contribution in [2.75, 3.05) is 11.9 Å². The van der Waals surface area contributed by atoms with Crippen LogP contribution in [-0.2, 0) is 23.5 Å². The molecule has 0 aliphatic heterocycles. The summed E-state index contributed by atoms with van der Waals surface area (Å²) in [5.41, 5.74) is -1.86. The minimum absolute atomic E-state index is 0.0179. The molecule has 1 aliphatic rings. The predicted octanol–water partition coefficient (Wildman–Crippen LogP) is 7.38. The van der Waals surface area contributed by atoms with Crippen molar-refractivity contribution in [2.45, 2.75) is 43.6 Å². The topological polar surface area (TPSA) is 9.23 Å². The van der Waals surface area contributed by atoms with Crippen molar-refractivity contribution in [1.29, 1.82) is 0 Å². The highest BCUT2D eigenvalue weighted by molar-refractivity contribution is 9.09. The molecule has 1 fully saturated rings. The summed E-state index contributed by atoms with van der Waals surface area (Å²) >= 11 is 3.47. The smallest absolute Gasteiger partial charge is 0.377 e. The first-order valence-corrected chi connectivity index (χ1v) is 10.8. The van der Waals surface area contributed by atoms with E-state index in [4.69, 9.17) is 4.74 Å². The Kier molecular flexibility index (Phi) is 7.35. The molecular weight excluding hydrogens is 493 g/mol. The van der Waals surface area contributed by atoms with Gasteiger partial charge >= 0.3 is 12.4 Å². The van der Waals surface area contributed by atoms with E-state index in [0.717, 1.165) is 24.1 Å². The van der Waals surface area contributed by atoms with Crippen molar-refractivity contribution in [2.24, 2.45) is 5.92 Å². The van der Waals surface area contributed by atoms with E-state index in [9.17, 15) is 30.7 Å². The van der Waals surface area contributed by atoms with Crippen molar-refractivity contribution in [3.8, 4) is 0 Å². The zero-order valence-electron chi connectivity index (χ0n) is 16.2. The lowest BCUT2D eigenvalue weighted by molar-refractivity contribution is -0.143. The molecule has 3 atom stereocenters. The maximum absolute atomic E-state index is 13.3. The second kappa shape index (κ2) is 9.48. The first-order valence-electron chi connectivity index (χ1n) is 9.70. The van der Waals surface area contributed by atoms with E-state index in [-0.39, 0.29) is 48.4 Å². The highest BCUT2D eigenvalue weighted by Gasteiger charge is 2.38. The maximum atomic E-state index is 13.3. The van der Waals surface area contributed by atoms with Crippen LogP contribution in [0.3, 0.4) is 0 Å². The molecule has 0 unspecified atom stereocenters. The number of alkyl halides is 7. The van der Waals surface area contributed by atoms with Gasteiger partial charge in [0, 0.05) is 11.2 Å². The molecule has 1 saturated carbocycles. The summed E-state index contributed by atoms with van der Waals surface area (Å²) in [5, 5.41) is 0.706. The first kappa shape index (κ1) is 24.0. The third-order valence-electron chi connectivity index (χ3n) is 5.55. The summed E-state index contributed by atoms with van der Waals surface area (Å²) in [6.07, 6.45) is -8.54. The summed E-state index contributed by atoms with van der Waals surface area (Å²) in [7, 11) is 0. The van der Waals surface area contributed by atoms with Crippen LogP contribution >= 0.6 is 15.9 Å². The van der Waals surface area contributed by atoms with Crippen molar-refractivity contribution in [1.82, 2.24) is 0 Å². The van der Waals surface area contributed by atoms with Gasteiger partial charge in [-0.2, -0.15) is 26.3 Å². The minimum Gasteiger partial charge on any atom is -0.377 e. The Bertz CT molecular complexity index is 845. The van der Waals surface area contributed by atoms with Gasteiger partial charge in [-0.05, 0) is 66.6 Å². The number of rotatable bonds is 6. The number of hydrogen-bond donors (Lipinski definition) is 0. The van der Waals surface area contributed by atoms with Gasteiger partial charge in [-0.3, -0.25) is 0 Å². The fourth-order valence-corrected chi connectivity index (χ4v) is 4.79. The second-order valence-electron chi connectivity index (χ2n) is 7.64. The summed E-state index contributed by atoms with van der Waals surface area (Å²) in [4.78, 5) is 0.